The number of hydrogen-bond acceptors (Lipinski definition) is 3. The molecule has 8 saturated carbocycles. The SMILES string of the molecule is CC#N.COc1ccc(OC)c(P(C23CC4CC(CC(C4)C2)C3)C23CC4CC(CC(C4)C2)C3)c1-c1c(C(C)C)cc(C(C)C)cc1C(C)C.[Au].[F][Sb-]([F])([F])([F])([F])[F]. The van der Waals surface area contributed by atoms with E-state index in [2.05, 4.69) is 65.8 Å². The maximum absolute atomic E-state index is 11.2. The summed E-state index contributed by atoms with van der Waals surface area (Å²) < 4.78 is 72.7. The standard InChI is InChI=1S/C43H61O2P.C2H3N.Au.6FH.Sb/c1-25(2)34-17-35(26(3)4)39(36(18-34)27(5)6)40-37(44-7)9-10-38(45-8)41(40)46(42-19-28-11-29(20-42)13-30(12-28)21-42)43-22-31-14-32(23-43)16-33(15-31)24-43;1-2-3;;;;;;;;/h9-10,17-18,25-33H,11-16,19-24H2,1-8H3;1H3;;6*1H;/q;;;;;;;;;+5/p-6. The van der Waals surface area contributed by atoms with Crippen molar-refractivity contribution >= 4 is 32.7 Å². The topological polar surface area (TPSA) is 42.2 Å². The van der Waals surface area contributed by atoms with Crippen LogP contribution >= 0.6 is 7.92 Å². The van der Waals surface area contributed by atoms with E-state index >= 15 is 0 Å². The number of methoxy groups -OCH3 is 2. The first-order valence-corrected chi connectivity index (χ1v) is 28.1. The fourth-order valence-corrected chi connectivity index (χ4v) is 18.7. The van der Waals surface area contributed by atoms with Crippen LogP contribution in [0.3, 0.4) is 0 Å². The van der Waals surface area contributed by atoms with E-state index in [0.29, 0.717) is 28.1 Å². The third kappa shape index (κ3) is 10.4. The van der Waals surface area contributed by atoms with Crippen LogP contribution < -0.4 is 14.8 Å². The molecule has 10 rings (SSSR count). The van der Waals surface area contributed by atoms with Gasteiger partial charge < -0.3 is 9.47 Å². The quantitative estimate of drug-likeness (QED) is 0.143. The van der Waals surface area contributed by atoms with Gasteiger partial charge in [0.15, 0.2) is 0 Å². The maximum atomic E-state index is 9.93. The van der Waals surface area contributed by atoms with Crippen molar-refractivity contribution in [3.63, 3.8) is 0 Å². The van der Waals surface area contributed by atoms with Crippen molar-refractivity contribution in [2.45, 2.75) is 154 Å². The fourth-order valence-electron chi connectivity index (χ4n) is 13.3. The second kappa shape index (κ2) is 16.4. The summed E-state index contributed by atoms with van der Waals surface area (Å²) in [6.07, 6.45) is 17.9. The molecule has 57 heavy (non-hydrogen) atoms. The Morgan fingerprint density at radius 1 is 0.614 bits per heavy atom. The van der Waals surface area contributed by atoms with Gasteiger partial charge in [-0.25, -0.2) is 0 Å². The number of hydrogen-bond donors (Lipinski definition) is 0. The molecule has 12 heteroatoms. The third-order valence-corrected chi connectivity index (χ3v) is 18.0. The molecule has 325 valence electrons. The Morgan fingerprint density at radius 2 is 0.912 bits per heavy atom. The molecule has 2 aromatic rings. The van der Waals surface area contributed by atoms with E-state index in [0.717, 1.165) is 41.3 Å². The van der Waals surface area contributed by atoms with Gasteiger partial charge in [0.2, 0.25) is 0 Å². The fraction of sp³-hybridized carbons (Fsp3) is 0.711. The van der Waals surface area contributed by atoms with Crippen LogP contribution in [0, 0.1) is 46.8 Å². The van der Waals surface area contributed by atoms with Crippen LogP contribution in [-0.2, 0) is 22.4 Å². The third-order valence-electron chi connectivity index (χ3n) is 14.1. The molecule has 0 atom stereocenters. The Hall–Kier alpha value is -0.902. The molecule has 0 amide bonds. The summed E-state index contributed by atoms with van der Waals surface area (Å²) in [5.74, 6) is 9.33. The van der Waals surface area contributed by atoms with Gasteiger partial charge in [0, 0.05) is 40.2 Å². The Morgan fingerprint density at radius 3 is 1.18 bits per heavy atom. The predicted octanol–water partition coefficient (Wildman–Crippen LogP) is 14.5. The molecule has 8 fully saturated rings. The summed E-state index contributed by atoms with van der Waals surface area (Å²) in [7, 11) is 3.41. The van der Waals surface area contributed by atoms with Crippen molar-refractivity contribution in [2.24, 2.45) is 35.5 Å². The summed E-state index contributed by atoms with van der Waals surface area (Å²) in [5, 5.41) is 9.86. The molecule has 8 aliphatic rings. The number of nitriles is 1. The zero-order chi connectivity index (χ0) is 41.2. The molecule has 0 heterocycles. The first kappa shape index (κ1) is 47.2. The van der Waals surface area contributed by atoms with E-state index in [1.807, 2.05) is 14.2 Å². The summed E-state index contributed by atoms with van der Waals surface area (Å²) in [4.78, 5) is 0. The Bertz CT molecular complexity index is 1670. The average molecular weight is 1110 g/mol. The van der Waals surface area contributed by atoms with Crippen LogP contribution in [0.25, 0.3) is 11.1 Å². The monoisotopic (exact) mass is 1110 g/mol. The molecular formula is C45H64AuF6NO2PSb-. The van der Waals surface area contributed by atoms with Crippen LogP contribution in [0.1, 0.15) is 160 Å². The van der Waals surface area contributed by atoms with Gasteiger partial charge >= 0.3 is 36.4 Å². The van der Waals surface area contributed by atoms with E-state index in [1.54, 1.807) is 11.4 Å². The van der Waals surface area contributed by atoms with Gasteiger partial charge in [-0.1, -0.05) is 61.6 Å². The molecule has 0 unspecified atom stereocenters. The molecule has 2 aromatic carbocycles. The van der Waals surface area contributed by atoms with Crippen LogP contribution in [0.2, 0.25) is 0 Å². The second-order valence-electron chi connectivity index (χ2n) is 19.5. The molecule has 1 radical (unpaired) electrons. The van der Waals surface area contributed by atoms with Gasteiger partial charge in [-0.2, -0.15) is 5.26 Å². The Labute approximate surface area is 357 Å². The number of benzene rings is 2. The number of ether oxygens (including phenoxy) is 2. The molecule has 0 N–H and O–H groups in total. The molecule has 3 nitrogen and oxygen atoms in total. The second-order valence-corrected chi connectivity index (χ2v) is 28.0. The normalized spacial score (nSPS) is 32.3. The molecular weight excluding hydrogens is 1050 g/mol. The first-order chi connectivity index (χ1) is 25.9. The van der Waals surface area contributed by atoms with E-state index in [1.165, 1.54) is 118 Å². The number of rotatable bonds is 9. The van der Waals surface area contributed by atoms with E-state index in [4.69, 9.17) is 14.7 Å². The first-order valence-electron chi connectivity index (χ1n) is 21.0. The molecule has 0 aliphatic heterocycles. The van der Waals surface area contributed by atoms with E-state index < -0.39 is 27.4 Å². The van der Waals surface area contributed by atoms with Crippen molar-refractivity contribution in [3.05, 3.63) is 41.0 Å². The van der Waals surface area contributed by atoms with Crippen LogP contribution in [-0.4, -0.2) is 44.0 Å². The van der Waals surface area contributed by atoms with Gasteiger partial charge in [-0.05, 0) is 175 Å². The average Bonchev–Trinajstić information content (AvgIpc) is 3.05. The van der Waals surface area contributed by atoms with Crippen molar-refractivity contribution in [3.8, 4) is 28.7 Å². The number of halogens is 6. The minimum atomic E-state index is -11.2. The van der Waals surface area contributed by atoms with Gasteiger partial charge in [0.05, 0.1) is 20.3 Å². The summed E-state index contributed by atoms with van der Waals surface area (Å²) in [6.45, 7) is 15.8. The van der Waals surface area contributed by atoms with Gasteiger partial charge in [0.25, 0.3) is 0 Å². The molecule has 0 saturated heterocycles. The molecule has 8 bridgehead atoms. The summed E-state index contributed by atoms with van der Waals surface area (Å²) >= 11 is -11.2. The Balaban J connectivity index is 0.000000506. The van der Waals surface area contributed by atoms with Gasteiger partial charge in [-0.3, -0.25) is 0 Å². The summed E-state index contributed by atoms with van der Waals surface area (Å²) in [6, 6.07) is 11.5. The van der Waals surface area contributed by atoms with Crippen molar-refractivity contribution in [1.29, 1.82) is 5.26 Å². The van der Waals surface area contributed by atoms with Crippen LogP contribution in [0.5, 0.6) is 11.5 Å². The number of nitrogens with zero attached hydrogens (tertiary/aromatic N) is 1. The van der Waals surface area contributed by atoms with Crippen LogP contribution in [0.15, 0.2) is 24.3 Å². The minimum absolute atomic E-state index is 0. The van der Waals surface area contributed by atoms with E-state index in [9.17, 15) is 16.9 Å². The molecule has 8 aliphatic carbocycles. The zero-order valence-corrected chi connectivity index (χ0v) is 40.8. The van der Waals surface area contributed by atoms with Gasteiger partial charge in [0.1, 0.15) is 11.5 Å². The van der Waals surface area contributed by atoms with Gasteiger partial charge in [-0.15, -0.1) is 0 Å². The molecule has 0 aromatic heterocycles. The van der Waals surface area contributed by atoms with E-state index in [-0.39, 0.29) is 22.4 Å². The van der Waals surface area contributed by atoms with Crippen molar-refractivity contribution in [2.75, 3.05) is 14.2 Å². The molecule has 0 spiro atoms. The Kier molecular flexibility index (Phi) is 13.6. The summed E-state index contributed by atoms with van der Waals surface area (Å²) in [5.41, 5.74) is 7.41. The van der Waals surface area contributed by atoms with Crippen molar-refractivity contribution in [1.82, 2.24) is 0 Å². The van der Waals surface area contributed by atoms with Crippen molar-refractivity contribution < 1.29 is 48.7 Å². The predicted molar refractivity (Wildman–Crippen MR) is 219 cm³/mol. The zero-order valence-electron chi connectivity index (χ0n) is 35.2. The van der Waals surface area contributed by atoms with Crippen LogP contribution in [0.4, 0.5) is 16.9 Å².